The second-order valence-corrected chi connectivity index (χ2v) is 9.04. The van der Waals surface area contributed by atoms with E-state index in [2.05, 4.69) is 19.2 Å². The Morgan fingerprint density at radius 2 is 1.62 bits per heavy atom. The third-order valence-corrected chi connectivity index (χ3v) is 6.22. The summed E-state index contributed by atoms with van der Waals surface area (Å²) in [6, 6.07) is 17.2. The molecule has 1 atom stereocenters. The van der Waals surface area contributed by atoms with Gasteiger partial charge in [0.25, 0.3) is 5.91 Å². The zero-order valence-corrected chi connectivity index (χ0v) is 19.5. The van der Waals surface area contributed by atoms with Crippen LogP contribution < -0.4 is 10.1 Å². The highest BCUT2D eigenvalue weighted by molar-refractivity contribution is 5.88. The van der Waals surface area contributed by atoms with Gasteiger partial charge < -0.3 is 15.0 Å². The quantitative estimate of drug-likeness (QED) is 0.598. The first-order chi connectivity index (χ1) is 15.4. The zero-order chi connectivity index (χ0) is 22.9. The van der Waals surface area contributed by atoms with Gasteiger partial charge in [0, 0.05) is 12.6 Å². The Morgan fingerprint density at radius 3 is 2.25 bits per heavy atom. The van der Waals surface area contributed by atoms with Crippen molar-refractivity contribution in [1.82, 2.24) is 10.2 Å². The van der Waals surface area contributed by atoms with Crippen molar-refractivity contribution in [3.63, 3.8) is 0 Å². The van der Waals surface area contributed by atoms with Crippen LogP contribution in [0.3, 0.4) is 0 Å². The average molecular weight is 437 g/mol. The maximum Gasteiger partial charge on any atom is 0.261 e. The van der Waals surface area contributed by atoms with Crippen molar-refractivity contribution in [3.8, 4) is 5.75 Å². The molecule has 0 radical (unpaired) electrons. The number of nitrogens with zero attached hydrogens (tertiary/aromatic N) is 1. The lowest BCUT2D eigenvalue weighted by Crippen LogP contribution is -2.51. The largest absolute Gasteiger partial charge is 0.484 e. The molecule has 1 fully saturated rings. The van der Waals surface area contributed by atoms with Crippen LogP contribution in [0.4, 0.5) is 0 Å². The second kappa shape index (κ2) is 11.7. The summed E-state index contributed by atoms with van der Waals surface area (Å²) in [4.78, 5) is 27.8. The van der Waals surface area contributed by atoms with E-state index in [0.717, 1.165) is 31.2 Å². The molecule has 0 aromatic heterocycles. The number of rotatable bonds is 9. The molecule has 0 spiro atoms. The SMILES string of the molecule is CC(C)c1ccc(OCC(=O)N(Cc2ccccc2)[C@@H](C)C(=O)NC2CCCCC2)cc1. The van der Waals surface area contributed by atoms with Gasteiger partial charge in [-0.1, -0.05) is 75.6 Å². The van der Waals surface area contributed by atoms with Gasteiger partial charge in [0.15, 0.2) is 6.61 Å². The minimum absolute atomic E-state index is 0.0949. The molecule has 1 saturated carbocycles. The number of hydrogen-bond acceptors (Lipinski definition) is 3. The Morgan fingerprint density at radius 1 is 0.969 bits per heavy atom. The number of ether oxygens (including phenoxy) is 1. The van der Waals surface area contributed by atoms with E-state index in [9.17, 15) is 9.59 Å². The maximum absolute atomic E-state index is 13.2. The normalized spacial score (nSPS) is 15.2. The van der Waals surface area contributed by atoms with Crippen LogP contribution in [0.25, 0.3) is 0 Å². The highest BCUT2D eigenvalue weighted by Crippen LogP contribution is 2.20. The van der Waals surface area contributed by atoms with E-state index in [4.69, 9.17) is 4.74 Å². The van der Waals surface area contributed by atoms with Crippen LogP contribution in [0.15, 0.2) is 54.6 Å². The maximum atomic E-state index is 13.2. The van der Waals surface area contributed by atoms with Gasteiger partial charge in [-0.15, -0.1) is 0 Å². The van der Waals surface area contributed by atoms with Crippen molar-refractivity contribution in [3.05, 3.63) is 65.7 Å². The van der Waals surface area contributed by atoms with E-state index in [1.54, 1.807) is 11.8 Å². The smallest absolute Gasteiger partial charge is 0.261 e. The van der Waals surface area contributed by atoms with Gasteiger partial charge in [-0.3, -0.25) is 9.59 Å². The molecule has 0 heterocycles. The molecule has 1 N–H and O–H groups in total. The summed E-state index contributed by atoms with van der Waals surface area (Å²) in [5, 5.41) is 3.16. The fourth-order valence-corrected chi connectivity index (χ4v) is 4.11. The lowest BCUT2D eigenvalue weighted by Gasteiger charge is -2.31. The number of nitrogens with one attached hydrogen (secondary N) is 1. The first-order valence-corrected chi connectivity index (χ1v) is 11.8. The average Bonchev–Trinajstić information content (AvgIpc) is 2.82. The van der Waals surface area contributed by atoms with Crippen LogP contribution in [0, 0.1) is 0 Å². The third-order valence-electron chi connectivity index (χ3n) is 6.22. The van der Waals surface area contributed by atoms with E-state index in [1.165, 1.54) is 12.0 Å². The summed E-state index contributed by atoms with van der Waals surface area (Å²) in [6.07, 6.45) is 5.56. The molecule has 0 saturated heterocycles. The summed E-state index contributed by atoms with van der Waals surface area (Å²) in [7, 11) is 0. The Balaban J connectivity index is 1.66. The standard InChI is InChI=1S/C27H36N2O3/c1-20(2)23-14-16-25(17-15-23)32-19-26(30)29(18-22-10-6-4-7-11-22)21(3)27(31)28-24-12-8-5-9-13-24/h4,6-7,10-11,14-17,20-21,24H,5,8-9,12-13,18-19H2,1-3H3,(H,28,31)/t21-/m0/s1. The van der Waals surface area contributed by atoms with Gasteiger partial charge in [-0.05, 0) is 48.9 Å². The molecule has 3 rings (SSSR count). The predicted octanol–water partition coefficient (Wildman–Crippen LogP) is 5.06. The molecule has 172 valence electrons. The van der Waals surface area contributed by atoms with Gasteiger partial charge in [0.2, 0.25) is 5.91 Å². The molecule has 2 amide bonds. The summed E-state index contributed by atoms with van der Waals surface area (Å²) < 4.78 is 5.78. The van der Waals surface area contributed by atoms with E-state index in [0.29, 0.717) is 18.2 Å². The molecule has 32 heavy (non-hydrogen) atoms. The number of carbonyl (C=O) groups excluding carboxylic acids is 2. The number of benzene rings is 2. The molecule has 1 aliphatic carbocycles. The summed E-state index contributed by atoms with van der Waals surface area (Å²) in [5.41, 5.74) is 2.21. The summed E-state index contributed by atoms with van der Waals surface area (Å²) >= 11 is 0. The predicted molar refractivity (Wildman–Crippen MR) is 127 cm³/mol. The molecule has 0 unspecified atom stereocenters. The lowest BCUT2D eigenvalue weighted by molar-refractivity contribution is -0.142. The molecular formula is C27H36N2O3. The topological polar surface area (TPSA) is 58.6 Å². The van der Waals surface area contributed by atoms with Crippen LogP contribution in [-0.4, -0.2) is 35.4 Å². The molecule has 5 heteroatoms. The molecule has 5 nitrogen and oxygen atoms in total. The lowest BCUT2D eigenvalue weighted by atomic mass is 9.95. The molecule has 0 aliphatic heterocycles. The fraction of sp³-hybridized carbons (Fsp3) is 0.481. The van der Waals surface area contributed by atoms with Crippen LogP contribution in [0.5, 0.6) is 5.75 Å². The summed E-state index contributed by atoms with van der Waals surface area (Å²) in [6.45, 7) is 6.35. The first kappa shape index (κ1) is 23.8. The Labute approximate surface area is 192 Å². The molecule has 1 aliphatic rings. The second-order valence-electron chi connectivity index (χ2n) is 9.04. The third kappa shape index (κ3) is 6.84. The van der Waals surface area contributed by atoms with Crippen molar-refractivity contribution in [2.75, 3.05) is 6.61 Å². The van der Waals surface area contributed by atoms with E-state index in [-0.39, 0.29) is 24.5 Å². The minimum Gasteiger partial charge on any atom is -0.484 e. The van der Waals surface area contributed by atoms with Crippen LogP contribution in [0.2, 0.25) is 0 Å². The van der Waals surface area contributed by atoms with E-state index < -0.39 is 6.04 Å². The van der Waals surface area contributed by atoms with Gasteiger partial charge in [0.05, 0.1) is 0 Å². The summed E-state index contributed by atoms with van der Waals surface area (Å²) in [5.74, 6) is 0.799. The number of carbonyl (C=O) groups is 2. The number of amides is 2. The fourth-order valence-electron chi connectivity index (χ4n) is 4.11. The highest BCUT2D eigenvalue weighted by atomic mass is 16.5. The van der Waals surface area contributed by atoms with E-state index >= 15 is 0 Å². The molecular weight excluding hydrogens is 400 g/mol. The van der Waals surface area contributed by atoms with Crippen LogP contribution in [0.1, 0.15) is 69.9 Å². The van der Waals surface area contributed by atoms with Crippen molar-refractivity contribution >= 4 is 11.8 Å². The van der Waals surface area contributed by atoms with Gasteiger partial charge in [-0.2, -0.15) is 0 Å². The monoisotopic (exact) mass is 436 g/mol. The molecule has 0 bridgehead atoms. The minimum atomic E-state index is -0.573. The van der Waals surface area contributed by atoms with Gasteiger partial charge in [0.1, 0.15) is 11.8 Å². The Hall–Kier alpha value is -2.82. The van der Waals surface area contributed by atoms with Crippen molar-refractivity contribution in [1.29, 1.82) is 0 Å². The first-order valence-electron chi connectivity index (χ1n) is 11.8. The van der Waals surface area contributed by atoms with Crippen molar-refractivity contribution in [2.45, 2.75) is 77.4 Å². The number of hydrogen-bond donors (Lipinski definition) is 1. The van der Waals surface area contributed by atoms with E-state index in [1.807, 2.05) is 54.6 Å². The highest BCUT2D eigenvalue weighted by Gasteiger charge is 2.28. The zero-order valence-electron chi connectivity index (χ0n) is 19.5. The Kier molecular flexibility index (Phi) is 8.72. The van der Waals surface area contributed by atoms with Crippen LogP contribution in [-0.2, 0) is 16.1 Å². The molecule has 2 aromatic rings. The van der Waals surface area contributed by atoms with Crippen molar-refractivity contribution < 1.29 is 14.3 Å². The van der Waals surface area contributed by atoms with Crippen molar-refractivity contribution in [2.24, 2.45) is 0 Å². The van der Waals surface area contributed by atoms with Gasteiger partial charge >= 0.3 is 0 Å². The van der Waals surface area contributed by atoms with Crippen LogP contribution >= 0.6 is 0 Å². The molecule has 2 aromatic carbocycles. The Bertz CT molecular complexity index is 858. The van der Waals surface area contributed by atoms with Gasteiger partial charge in [-0.25, -0.2) is 0 Å².